The zero-order valence-corrected chi connectivity index (χ0v) is 11.6. The van der Waals surface area contributed by atoms with Gasteiger partial charge in [-0.05, 0) is 37.1 Å². The van der Waals surface area contributed by atoms with Gasteiger partial charge in [0.05, 0.1) is 6.61 Å². The molecule has 1 aromatic carbocycles. The van der Waals surface area contributed by atoms with E-state index in [4.69, 9.17) is 10.00 Å². The highest BCUT2D eigenvalue weighted by atomic mass is 16.5. The van der Waals surface area contributed by atoms with Gasteiger partial charge in [-0.3, -0.25) is 4.79 Å². The van der Waals surface area contributed by atoms with Crippen molar-refractivity contribution in [3.8, 4) is 17.6 Å². The van der Waals surface area contributed by atoms with Crippen molar-refractivity contribution in [1.29, 1.82) is 5.26 Å². The lowest BCUT2D eigenvalue weighted by Gasteiger charge is -2.07. The van der Waals surface area contributed by atoms with Crippen LogP contribution in [0.25, 0.3) is 6.08 Å². The molecule has 106 valence electrons. The highest BCUT2D eigenvalue weighted by Gasteiger charge is 2.09. The van der Waals surface area contributed by atoms with Gasteiger partial charge in [0.1, 0.15) is 11.6 Å². The van der Waals surface area contributed by atoms with E-state index in [1.165, 1.54) is 12.1 Å². The van der Waals surface area contributed by atoms with Gasteiger partial charge in [0.2, 0.25) is 0 Å². The van der Waals surface area contributed by atoms with E-state index in [2.05, 4.69) is 5.32 Å². The van der Waals surface area contributed by atoms with Gasteiger partial charge < -0.3 is 15.2 Å². The van der Waals surface area contributed by atoms with Gasteiger partial charge in [-0.1, -0.05) is 13.0 Å². The van der Waals surface area contributed by atoms with Crippen LogP contribution >= 0.6 is 0 Å². The third-order valence-corrected chi connectivity index (χ3v) is 2.50. The number of carbonyl (C=O) groups is 1. The normalized spacial score (nSPS) is 10.8. The molecule has 0 radical (unpaired) electrons. The van der Waals surface area contributed by atoms with Crippen LogP contribution in [0.3, 0.4) is 0 Å². The molecular formula is C15H18N2O3. The monoisotopic (exact) mass is 274 g/mol. The first-order chi connectivity index (χ1) is 9.62. The molecular weight excluding hydrogens is 256 g/mol. The maximum Gasteiger partial charge on any atom is 0.261 e. The highest BCUT2D eigenvalue weighted by molar-refractivity contribution is 6.01. The number of rotatable bonds is 6. The Labute approximate surface area is 118 Å². The van der Waals surface area contributed by atoms with Crippen LogP contribution in [0.4, 0.5) is 0 Å². The fraction of sp³-hybridized carbons (Fsp3) is 0.333. The summed E-state index contributed by atoms with van der Waals surface area (Å²) < 4.78 is 5.26. The number of amides is 1. The Hall–Kier alpha value is -2.48. The summed E-state index contributed by atoms with van der Waals surface area (Å²) >= 11 is 0. The number of nitrogens with one attached hydrogen (secondary N) is 1. The molecule has 0 bridgehead atoms. The second kappa shape index (κ2) is 7.85. The first kappa shape index (κ1) is 15.6. The number of phenolic OH excluding ortho intramolecular Hbond substituents is 1. The number of carbonyl (C=O) groups excluding carboxylic acids is 1. The number of nitriles is 1. The number of nitrogens with zero attached hydrogens (tertiary/aromatic N) is 1. The zero-order valence-electron chi connectivity index (χ0n) is 11.6. The minimum atomic E-state index is -0.402. The Morgan fingerprint density at radius 2 is 2.25 bits per heavy atom. The van der Waals surface area contributed by atoms with Crippen LogP contribution in [0, 0.1) is 11.3 Å². The van der Waals surface area contributed by atoms with Crippen molar-refractivity contribution in [2.45, 2.75) is 20.3 Å². The average Bonchev–Trinajstić information content (AvgIpc) is 2.45. The van der Waals surface area contributed by atoms with Crippen molar-refractivity contribution in [2.75, 3.05) is 13.2 Å². The Morgan fingerprint density at radius 1 is 1.50 bits per heavy atom. The van der Waals surface area contributed by atoms with Gasteiger partial charge >= 0.3 is 0 Å². The second-order valence-corrected chi connectivity index (χ2v) is 4.09. The van der Waals surface area contributed by atoms with Gasteiger partial charge in [-0.2, -0.15) is 5.26 Å². The summed E-state index contributed by atoms with van der Waals surface area (Å²) in [6.45, 7) is 4.69. The number of hydrogen-bond donors (Lipinski definition) is 2. The smallest absolute Gasteiger partial charge is 0.261 e. The van der Waals surface area contributed by atoms with Gasteiger partial charge in [-0.25, -0.2) is 0 Å². The minimum absolute atomic E-state index is 0.0200. The maximum absolute atomic E-state index is 11.7. The Kier molecular flexibility index (Phi) is 6.11. The fourth-order valence-electron chi connectivity index (χ4n) is 1.54. The molecule has 0 unspecified atom stereocenters. The summed E-state index contributed by atoms with van der Waals surface area (Å²) in [6.07, 6.45) is 2.27. The van der Waals surface area contributed by atoms with Crippen molar-refractivity contribution >= 4 is 12.0 Å². The van der Waals surface area contributed by atoms with Gasteiger partial charge in [0.15, 0.2) is 11.5 Å². The van der Waals surface area contributed by atoms with E-state index in [1.807, 2.05) is 13.0 Å². The predicted octanol–water partition coefficient (Wildman–Crippen LogP) is 2.22. The Morgan fingerprint density at radius 3 is 2.85 bits per heavy atom. The van der Waals surface area contributed by atoms with Crippen molar-refractivity contribution < 1.29 is 14.6 Å². The lowest BCUT2D eigenvalue weighted by molar-refractivity contribution is -0.117. The number of ether oxygens (including phenoxy) is 1. The Balaban J connectivity index is 2.98. The molecule has 0 saturated carbocycles. The number of aromatic hydroxyl groups is 1. The lowest BCUT2D eigenvalue weighted by Crippen LogP contribution is -2.25. The molecule has 5 heteroatoms. The van der Waals surface area contributed by atoms with Crippen LogP contribution in [0.2, 0.25) is 0 Å². The standard InChI is InChI=1S/C15H18N2O3/c1-3-7-17-15(19)12(10-16)8-11-5-6-13(18)14(9-11)20-4-2/h5-6,8-9,18H,3-4,7H2,1-2H3,(H,17,19)/b12-8-. The summed E-state index contributed by atoms with van der Waals surface area (Å²) in [5, 5.41) is 21.3. The van der Waals surface area contributed by atoms with Crippen LogP contribution < -0.4 is 10.1 Å². The van der Waals surface area contributed by atoms with E-state index in [1.54, 1.807) is 19.1 Å². The third-order valence-electron chi connectivity index (χ3n) is 2.50. The first-order valence-corrected chi connectivity index (χ1v) is 6.48. The number of benzene rings is 1. The Bertz CT molecular complexity index is 545. The molecule has 20 heavy (non-hydrogen) atoms. The van der Waals surface area contributed by atoms with E-state index >= 15 is 0 Å². The topological polar surface area (TPSA) is 82.4 Å². The van der Waals surface area contributed by atoms with Crippen LogP contribution in [0.1, 0.15) is 25.8 Å². The summed E-state index contributed by atoms with van der Waals surface area (Å²) in [5.41, 5.74) is 0.640. The molecule has 0 fully saturated rings. The molecule has 5 nitrogen and oxygen atoms in total. The molecule has 1 aromatic rings. The second-order valence-electron chi connectivity index (χ2n) is 4.09. The van der Waals surface area contributed by atoms with Crippen molar-refractivity contribution in [1.82, 2.24) is 5.32 Å². The molecule has 0 aliphatic carbocycles. The van der Waals surface area contributed by atoms with Gasteiger partial charge in [0, 0.05) is 6.54 Å². The third kappa shape index (κ3) is 4.32. The molecule has 1 amide bonds. The summed E-state index contributed by atoms with van der Waals surface area (Å²) in [5.74, 6) is -0.0502. The number of hydrogen-bond acceptors (Lipinski definition) is 4. The molecule has 1 rings (SSSR count). The quantitative estimate of drug-likeness (QED) is 0.615. The van der Waals surface area contributed by atoms with E-state index in [0.717, 1.165) is 6.42 Å². The molecule has 0 atom stereocenters. The lowest BCUT2D eigenvalue weighted by atomic mass is 10.1. The van der Waals surface area contributed by atoms with Crippen LogP contribution in [0.5, 0.6) is 11.5 Å². The molecule has 2 N–H and O–H groups in total. The van der Waals surface area contributed by atoms with E-state index in [-0.39, 0.29) is 11.3 Å². The van der Waals surface area contributed by atoms with Crippen LogP contribution in [-0.4, -0.2) is 24.2 Å². The summed E-state index contributed by atoms with van der Waals surface area (Å²) in [7, 11) is 0. The first-order valence-electron chi connectivity index (χ1n) is 6.48. The molecule has 0 spiro atoms. The fourth-order valence-corrected chi connectivity index (χ4v) is 1.54. The van der Waals surface area contributed by atoms with Crippen molar-refractivity contribution in [2.24, 2.45) is 0 Å². The van der Waals surface area contributed by atoms with Crippen molar-refractivity contribution in [3.63, 3.8) is 0 Å². The number of phenols is 1. The molecule has 0 aromatic heterocycles. The average molecular weight is 274 g/mol. The molecule has 0 saturated heterocycles. The van der Waals surface area contributed by atoms with Crippen LogP contribution in [0.15, 0.2) is 23.8 Å². The summed E-state index contributed by atoms with van der Waals surface area (Å²) in [6, 6.07) is 6.54. The predicted molar refractivity (Wildman–Crippen MR) is 76.2 cm³/mol. The van der Waals surface area contributed by atoms with Crippen molar-refractivity contribution in [3.05, 3.63) is 29.3 Å². The molecule has 0 aliphatic rings. The van der Waals surface area contributed by atoms with Gasteiger partial charge in [0.25, 0.3) is 5.91 Å². The van der Waals surface area contributed by atoms with Gasteiger partial charge in [-0.15, -0.1) is 0 Å². The maximum atomic E-state index is 11.7. The molecule has 0 aliphatic heterocycles. The summed E-state index contributed by atoms with van der Waals surface area (Å²) in [4.78, 5) is 11.7. The minimum Gasteiger partial charge on any atom is -0.504 e. The van der Waals surface area contributed by atoms with E-state index in [0.29, 0.717) is 24.5 Å². The largest absolute Gasteiger partial charge is 0.504 e. The van der Waals surface area contributed by atoms with Crippen LogP contribution in [-0.2, 0) is 4.79 Å². The van der Waals surface area contributed by atoms with E-state index < -0.39 is 5.91 Å². The highest BCUT2D eigenvalue weighted by Crippen LogP contribution is 2.27. The zero-order chi connectivity index (χ0) is 15.0. The SMILES string of the molecule is CCCNC(=O)/C(C#N)=C\c1ccc(O)c(OCC)c1. The molecule has 0 heterocycles. The van der Waals surface area contributed by atoms with E-state index in [9.17, 15) is 9.90 Å².